The Balaban J connectivity index is 1.70. The van der Waals surface area contributed by atoms with Crippen molar-refractivity contribution in [3.63, 3.8) is 0 Å². The summed E-state index contributed by atoms with van der Waals surface area (Å²) in [5, 5.41) is 3.56. The van der Waals surface area contributed by atoms with Crippen molar-refractivity contribution in [2.24, 2.45) is 5.92 Å². The smallest absolute Gasteiger partial charge is 0.228 e. The van der Waals surface area contributed by atoms with E-state index in [1.54, 1.807) is 18.2 Å². The molecule has 29 heavy (non-hydrogen) atoms. The average molecular weight is 455 g/mol. The van der Waals surface area contributed by atoms with Crippen LogP contribution in [0.2, 0.25) is 10.0 Å². The number of rotatable bonds is 5. The molecule has 1 amide bonds. The van der Waals surface area contributed by atoms with Gasteiger partial charge in [0.05, 0.1) is 11.7 Å². The lowest BCUT2D eigenvalue weighted by molar-refractivity contribution is -0.120. The monoisotopic (exact) mass is 454 g/mol. The number of amides is 1. The lowest BCUT2D eigenvalue weighted by Gasteiger charge is -2.31. The summed E-state index contributed by atoms with van der Waals surface area (Å²) in [6.07, 6.45) is 1.27. The van der Waals surface area contributed by atoms with Gasteiger partial charge in [-0.15, -0.1) is 0 Å². The molecule has 1 aliphatic rings. The summed E-state index contributed by atoms with van der Waals surface area (Å²) in [5.41, 5.74) is 3.35. The Hall–Kier alpha value is -1.60. The zero-order valence-corrected chi connectivity index (χ0v) is 18.7. The van der Waals surface area contributed by atoms with Crippen LogP contribution in [-0.2, 0) is 20.6 Å². The molecule has 1 saturated heterocycles. The Morgan fingerprint density at radius 1 is 1.14 bits per heavy atom. The second-order valence-corrected chi connectivity index (χ2v) is 10.2. The highest BCUT2D eigenvalue weighted by atomic mass is 35.5. The van der Waals surface area contributed by atoms with E-state index in [-0.39, 0.29) is 18.2 Å². The number of hydrogen-bond acceptors (Lipinski definition) is 3. The Bertz CT molecular complexity index is 1000. The van der Waals surface area contributed by atoms with E-state index in [0.717, 1.165) is 16.8 Å². The molecule has 3 rings (SSSR count). The summed E-state index contributed by atoms with van der Waals surface area (Å²) in [5.74, 6) is -0.845. The van der Waals surface area contributed by atoms with E-state index in [1.165, 1.54) is 4.31 Å². The first kappa shape index (κ1) is 22.1. The third-order valence-electron chi connectivity index (χ3n) is 5.31. The molecule has 0 unspecified atom stereocenters. The van der Waals surface area contributed by atoms with Gasteiger partial charge < -0.3 is 5.32 Å². The molecule has 1 heterocycles. The third kappa shape index (κ3) is 5.31. The third-order valence-corrected chi connectivity index (χ3v) is 7.79. The molecule has 0 aromatic heterocycles. The van der Waals surface area contributed by atoms with Gasteiger partial charge in [0.25, 0.3) is 0 Å². The molecule has 1 atom stereocenters. The van der Waals surface area contributed by atoms with Gasteiger partial charge in [-0.25, -0.2) is 12.7 Å². The maximum atomic E-state index is 12.9. The largest absolute Gasteiger partial charge is 0.326 e. The molecule has 0 spiro atoms. The minimum absolute atomic E-state index is 0.154. The molecular weight excluding hydrogens is 431 g/mol. The van der Waals surface area contributed by atoms with Crippen molar-refractivity contribution in [3.05, 3.63) is 63.1 Å². The minimum Gasteiger partial charge on any atom is -0.326 e. The van der Waals surface area contributed by atoms with Gasteiger partial charge in [0, 0.05) is 34.4 Å². The van der Waals surface area contributed by atoms with Gasteiger partial charge in [-0.3, -0.25) is 4.79 Å². The molecule has 8 heteroatoms. The van der Waals surface area contributed by atoms with Crippen LogP contribution in [0.5, 0.6) is 0 Å². The maximum Gasteiger partial charge on any atom is 0.228 e. The van der Waals surface area contributed by atoms with Gasteiger partial charge in [0.1, 0.15) is 0 Å². The summed E-state index contributed by atoms with van der Waals surface area (Å²) >= 11 is 12.3. The first-order valence-corrected chi connectivity index (χ1v) is 11.8. The van der Waals surface area contributed by atoms with E-state index in [0.29, 0.717) is 35.0 Å². The molecule has 1 aliphatic heterocycles. The second-order valence-electron chi connectivity index (χ2n) is 7.44. The zero-order valence-electron chi connectivity index (χ0n) is 16.4. The number of hydrogen-bond donors (Lipinski definition) is 1. The Morgan fingerprint density at radius 3 is 2.48 bits per heavy atom. The van der Waals surface area contributed by atoms with Gasteiger partial charge in [0.2, 0.25) is 15.9 Å². The lowest BCUT2D eigenvalue weighted by atomic mass is 9.98. The predicted molar refractivity (Wildman–Crippen MR) is 118 cm³/mol. The number of aryl methyl sites for hydroxylation is 2. The molecule has 1 N–H and O–H groups in total. The summed E-state index contributed by atoms with van der Waals surface area (Å²) < 4.78 is 27.3. The summed E-state index contributed by atoms with van der Waals surface area (Å²) in [4.78, 5) is 12.7. The molecule has 1 fully saturated rings. The number of piperidine rings is 1. The van der Waals surface area contributed by atoms with Crippen molar-refractivity contribution in [1.82, 2.24) is 4.31 Å². The van der Waals surface area contributed by atoms with E-state index >= 15 is 0 Å². The number of carbonyl (C=O) groups is 1. The highest BCUT2D eigenvalue weighted by Gasteiger charge is 2.33. The lowest BCUT2D eigenvalue weighted by Crippen LogP contribution is -2.44. The van der Waals surface area contributed by atoms with Crippen molar-refractivity contribution >= 4 is 44.8 Å². The minimum atomic E-state index is -3.65. The van der Waals surface area contributed by atoms with Crippen LogP contribution in [0.3, 0.4) is 0 Å². The van der Waals surface area contributed by atoms with E-state index in [1.807, 2.05) is 32.0 Å². The van der Waals surface area contributed by atoms with Crippen molar-refractivity contribution in [2.75, 3.05) is 18.4 Å². The quantitative estimate of drug-likeness (QED) is 0.705. The number of halogens is 2. The zero-order chi connectivity index (χ0) is 21.2. The van der Waals surface area contributed by atoms with Crippen LogP contribution in [0.15, 0.2) is 36.4 Å². The van der Waals surface area contributed by atoms with Crippen LogP contribution >= 0.6 is 23.2 Å². The second kappa shape index (κ2) is 9.04. The van der Waals surface area contributed by atoms with E-state index < -0.39 is 15.9 Å². The number of carbonyl (C=O) groups excluding carboxylic acids is 1. The predicted octanol–water partition coefficient (Wildman–Crippen LogP) is 4.79. The fourth-order valence-corrected chi connectivity index (χ4v) is 5.78. The van der Waals surface area contributed by atoms with Crippen molar-refractivity contribution in [3.8, 4) is 0 Å². The van der Waals surface area contributed by atoms with Gasteiger partial charge in [0.15, 0.2) is 0 Å². The van der Waals surface area contributed by atoms with Crippen LogP contribution in [0.1, 0.15) is 29.5 Å². The topological polar surface area (TPSA) is 66.5 Å². The highest BCUT2D eigenvalue weighted by molar-refractivity contribution is 7.88. The molecule has 0 radical (unpaired) electrons. The molecule has 2 aromatic carbocycles. The summed E-state index contributed by atoms with van der Waals surface area (Å²) in [6, 6.07) is 10.6. The molecular formula is C21H24Cl2N2O3S. The van der Waals surface area contributed by atoms with Crippen LogP contribution in [0.25, 0.3) is 0 Å². The molecule has 5 nitrogen and oxygen atoms in total. The van der Waals surface area contributed by atoms with Gasteiger partial charge in [-0.1, -0.05) is 35.3 Å². The van der Waals surface area contributed by atoms with Crippen LogP contribution in [-0.4, -0.2) is 31.7 Å². The van der Waals surface area contributed by atoms with Crippen LogP contribution < -0.4 is 5.32 Å². The van der Waals surface area contributed by atoms with E-state index in [9.17, 15) is 13.2 Å². The maximum absolute atomic E-state index is 12.9. The number of benzene rings is 2. The van der Waals surface area contributed by atoms with Crippen molar-refractivity contribution in [2.45, 2.75) is 32.4 Å². The van der Waals surface area contributed by atoms with Crippen molar-refractivity contribution in [1.29, 1.82) is 0 Å². The molecule has 0 bridgehead atoms. The Labute approximate surface area is 182 Å². The van der Waals surface area contributed by atoms with E-state index in [2.05, 4.69) is 5.32 Å². The molecule has 156 valence electrons. The first-order valence-electron chi connectivity index (χ1n) is 9.46. The summed E-state index contributed by atoms with van der Waals surface area (Å²) in [6.45, 7) is 4.54. The highest BCUT2D eigenvalue weighted by Crippen LogP contribution is 2.29. The normalized spacial score (nSPS) is 17.9. The molecule has 0 aliphatic carbocycles. The van der Waals surface area contributed by atoms with Gasteiger partial charge >= 0.3 is 0 Å². The number of nitrogens with one attached hydrogen (secondary N) is 1. The fourth-order valence-electron chi connectivity index (χ4n) is 3.42. The summed E-state index contributed by atoms with van der Waals surface area (Å²) in [7, 11) is -3.65. The fraction of sp³-hybridized carbons (Fsp3) is 0.381. The standard InChI is InChI=1S/C21H24Cl2N2O3S/c1-14-8-9-17(11-15(14)2)24-21(26)16-5-4-10-25(12-16)29(27,28)13-18-19(22)6-3-7-20(18)23/h3,6-9,11,16H,4-5,10,12-13H2,1-2H3,(H,24,26)/t16-/m1/s1. The number of anilines is 1. The SMILES string of the molecule is Cc1ccc(NC(=O)[C@@H]2CCCN(S(=O)(=O)Cc3c(Cl)cccc3Cl)C2)cc1C. The Morgan fingerprint density at radius 2 is 1.83 bits per heavy atom. The van der Waals surface area contributed by atoms with Gasteiger partial charge in [-0.05, 0) is 62.1 Å². The molecule has 0 saturated carbocycles. The van der Waals surface area contributed by atoms with Gasteiger partial charge in [-0.2, -0.15) is 0 Å². The van der Waals surface area contributed by atoms with E-state index in [4.69, 9.17) is 23.2 Å². The van der Waals surface area contributed by atoms with Crippen molar-refractivity contribution < 1.29 is 13.2 Å². The number of sulfonamides is 1. The number of nitrogens with zero attached hydrogens (tertiary/aromatic N) is 1. The van der Waals surface area contributed by atoms with Crippen LogP contribution in [0.4, 0.5) is 5.69 Å². The molecule has 2 aromatic rings. The first-order chi connectivity index (χ1) is 13.7. The average Bonchev–Trinajstić information content (AvgIpc) is 2.68. The van der Waals surface area contributed by atoms with Crippen LogP contribution in [0, 0.1) is 19.8 Å². The Kier molecular flexibility index (Phi) is 6.89.